The van der Waals surface area contributed by atoms with E-state index in [1.54, 1.807) is 0 Å². The molecule has 1 aromatic carbocycles. The molecule has 11 nitrogen and oxygen atoms in total. The predicted octanol–water partition coefficient (Wildman–Crippen LogP) is 9.99. The van der Waals surface area contributed by atoms with Gasteiger partial charge >= 0.3 is 11.9 Å². The highest BCUT2D eigenvalue weighted by molar-refractivity contribution is 9.10. The lowest BCUT2D eigenvalue weighted by Gasteiger charge is -2.30. The molecule has 0 bridgehead atoms. The second-order valence-corrected chi connectivity index (χ2v) is 28.7. The van der Waals surface area contributed by atoms with E-state index in [0.717, 1.165) is 50.5 Å². The molecule has 0 spiro atoms. The number of hydrogen-bond donors (Lipinski definition) is 1. The third kappa shape index (κ3) is 11.7. The number of pyridine rings is 1. The molecule has 1 N–H and O–H groups in total. The molecule has 0 radical (unpaired) electrons. The van der Waals surface area contributed by atoms with Crippen LogP contribution in [0.1, 0.15) is 57.1 Å². The summed E-state index contributed by atoms with van der Waals surface area (Å²) in [6.45, 7) is 17.8. The molecule has 1 fully saturated rings. The molecule has 0 aliphatic heterocycles. The van der Waals surface area contributed by atoms with Crippen LogP contribution < -0.4 is 4.90 Å². The van der Waals surface area contributed by atoms with E-state index in [4.69, 9.17) is 29.3 Å². The maximum atomic E-state index is 12.3. The second kappa shape index (κ2) is 19.0. The van der Waals surface area contributed by atoms with Crippen LogP contribution in [0.15, 0.2) is 70.7 Å². The van der Waals surface area contributed by atoms with Crippen molar-refractivity contribution in [2.45, 2.75) is 103 Å². The predicted molar refractivity (Wildman–Crippen MR) is 227 cm³/mol. The summed E-state index contributed by atoms with van der Waals surface area (Å²) in [7, 11) is -2.64. The van der Waals surface area contributed by atoms with E-state index >= 15 is 0 Å². The topological polar surface area (TPSA) is 128 Å². The van der Waals surface area contributed by atoms with Crippen LogP contribution in [0.2, 0.25) is 51.4 Å². The number of carboxylic acid groups (broad SMARTS) is 1. The highest BCUT2D eigenvalue weighted by Crippen LogP contribution is 2.43. The number of fused-ring (bicyclic) bond motifs is 1. The van der Waals surface area contributed by atoms with Gasteiger partial charge in [0.2, 0.25) is 5.76 Å². The number of hydrogen-bond acceptors (Lipinski definition) is 9. The van der Waals surface area contributed by atoms with Gasteiger partial charge in [-0.05, 0) is 71.8 Å². The summed E-state index contributed by atoms with van der Waals surface area (Å²) in [5.41, 5.74) is 5.82. The first-order chi connectivity index (χ1) is 26.1. The van der Waals surface area contributed by atoms with Gasteiger partial charge < -0.3 is 24.2 Å². The summed E-state index contributed by atoms with van der Waals surface area (Å²) in [4.78, 5) is 36.7. The summed E-state index contributed by atoms with van der Waals surface area (Å²) in [5, 5.41) is 14.9. The van der Waals surface area contributed by atoms with Crippen LogP contribution in [-0.2, 0) is 23.8 Å². The van der Waals surface area contributed by atoms with Crippen molar-refractivity contribution >= 4 is 55.5 Å². The molecule has 14 heteroatoms. The Morgan fingerprint density at radius 1 is 0.909 bits per heavy atom. The zero-order valence-electron chi connectivity index (χ0n) is 33.4. The Kier molecular flexibility index (Phi) is 14.6. The first kappa shape index (κ1) is 42.4. The number of allylic oxidation sites excluding steroid dienone is 1. The summed E-state index contributed by atoms with van der Waals surface area (Å²) in [6.07, 6.45) is 6.67. The van der Waals surface area contributed by atoms with Gasteiger partial charge in [-0.25, -0.2) is 9.78 Å². The quantitative estimate of drug-likeness (QED) is 0.0258. The van der Waals surface area contributed by atoms with Gasteiger partial charge in [0, 0.05) is 64.6 Å². The molecular formula is C41H56BrN5O6Si2. The maximum Gasteiger partial charge on any atom is 0.371 e. The Morgan fingerprint density at radius 2 is 1.55 bits per heavy atom. The van der Waals surface area contributed by atoms with Gasteiger partial charge in [-0.1, -0.05) is 82.6 Å². The number of carboxylic acids is 1. The monoisotopic (exact) mass is 849 g/mol. The van der Waals surface area contributed by atoms with Crippen LogP contribution in [0.25, 0.3) is 28.0 Å². The van der Waals surface area contributed by atoms with E-state index in [1.807, 2.05) is 60.2 Å². The number of nitrogens with zero attached hydrogens (tertiary/aromatic N) is 5. The molecule has 1 aliphatic carbocycles. The number of ether oxygens (including phenoxy) is 3. The van der Waals surface area contributed by atoms with E-state index in [-0.39, 0.29) is 18.1 Å². The van der Waals surface area contributed by atoms with Crippen LogP contribution >= 0.6 is 15.9 Å². The summed E-state index contributed by atoms with van der Waals surface area (Å²) in [6, 6.07) is 16.2. The van der Waals surface area contributed by atoms with Crippen LogP contribution in [0.4, 0.5) is 5.82 Å². The van der Waals surface area contributed by atoms with Crippen LogP contribution in [0.5, 0.6) is 0 Å². The number of rotatable bonds is 18. The molecule has 3 aromatic heterocycles. The minimum atomic E-state index is -1.32. The minimum absolute atomic E-state index is 0.00735. The summed E-state index contributed by atoms with van der Waals surface area (Å²) in [5.74, 6) is -1.20. The SMILES string of the molecule is CCCC(=O)OC(C(=O)O)=C1CCC(c2nc3c(-c4ccc(-c5ccccc5)nc4)cnn3c(N(COCC[Si](C)(C)C)COCC[Si](C)(C)C)c2Br)CC1. The van der Waals surface area contributed by atoms with Crippen LogP contribution in [0, 0.1) is 0 Å². The Labute approximate surface area is 335 Å². The van der Waals surface area contributed by atoms with Crippen LogP contribution in [0.3, 0.4) is 0 Å². The number of esters is 1. The van der Waals surface area contributed by atoms with Crippen molar-refractivity contribution in [2.75, 3.05) is 31.6 Å². The van der Waals surface area contributed by atoms with E-state index in [1.165, 1.54) is 0 Å². The number of halogens is 1. The highest BCUT2D eigenvalue weighted by atomic mass is 79.9. The van der Waals surface area contributed by atoms with Gasteiger partial charge in [0.05, 0.1) is 22.1 Å². The fourth-order valence-corrected chi connectivity index (χ4v) is 8.77. The average molecular weight is 851 g/mol. The molecule has 4 aromatic rings. The largest absolute Gasteiger partial charge is 0.475 e. The molecule has 0 atom stereocenters. The van der Waals surface area contributed by atoms with Crippen molar-refractivity contribution in [1.82, 2.24) is 19.6 Å². The lowest BCUT2D eigenvalue weighted by Crippen LogP contribution is -2.34. The average Bonchev–Trinajstić information content (AvgIpc) is 3.56. The van der Waals surface area contributed by atoms with Gasteiger partial charge in [-0.3, -0.25) is 9.78 Å². The minimum Gasteiger partial charge on any atom is -0.475 e. The first-order valence-electron chi connectivity index (χ1n) is 19.3. The van der Waals surface area contributed by atoms with E-state index in [9.17, 15) is 14.7 Å². The van der Waals surface area contributed by atoms with Crippen molar-refractivity contribution in [3.05, 3.63) is 76.4 Å². The molecule has 1 saturated carbocycles. The number of carbonyl (C=O) groups is 2. The zero-order chi connectivity index (χ0) is 39.8. The van der Waals surface area contributed by atoms with E-state index in [0.29, 0.717) is 70.0 Å². The van der Waals surface area contributed by atoms with Crippen LogP contribution in [-0.4, -0.2) is 79.5 Å². The Balaban J connectivity index is 1.55. The lowest BCUT2D eigenvalue weighted by molar-refractivity contribution is -0.148. The Bertz CT molecular complexity index is 1930. The zero-order valence-corrected chi connectivity index (χ0v) is 36.9. The van der Waals surface area contributed by atoms with Crippen molar-refractivity contribution in [1.29, 1.82) is 0 Å². The maximum absolute atomic E-state index is 12.3. The van der Waals surface area contributed by atoms with E-state index < -0.39 is 28.1 Å². The number of aromatic nitrogens is 4. The molecule has 0 unspecified atom stereocenters. The Morgan fingerprint density at radius 3 is 2.09 bits per heavy atom. The van der Waals surface area contributed by atoms with Crippen molar-refractivity contribution in [3.63, 3.8) is 0 Å². The number of anilines is 1. The standard InChI is InChI=1S/C41H56BrN5O6Si2/c1-8-12-35(48)53-38(41(49)50)31-17-15-30(16-18-31)37-36(42)40(46(27-51-21-23-54(2,3)4)28-52-22-24-55(5,6)7)47-39(45-37)33(26-44-47)32-19-20-34(43-25-32)29-13-10-9-11-14-29/h9-11,13-14,19-20,25-26,30H,8,12,15-18,21-24,27-28H2,1-7H3,(H,49,50). The van der Waals surface area contributed by atoms with Gasteiger partial charge in [0.15, 0.2) is 11.5 Å². The van der Waals surface area contributed by atoms with Crippen molar-refractivity contribution in [2.24, 2.45) is 0 Å². The van der Waals surface area contributed by atoms with E-state index in [2.05, 4.69) is 66.2 Å². The third-order valence-corrected chi connectivity index (χ3v) is 13.9. The normalized spacial score (nSPS) is 15.0. The molecule has 0 amide bonds. The van der Waals surface area contributed by atoms with Gasteiger partial charge in [-0.15, -0.1) is 0 Å². The molecule has 296 valence electrons. The summed E-state index contributed by atoms with van der Waals surface area (Å²) < 4.78 is 20.7. The number of aliphatic carboxylic acids is 1. The molecule has 3 heterocycles. The van der Waals surface area contributed by atoms with Gasteiger partial charge in [0.25, 0.3) is 0 Å². The second-order valence-electron chi connectivity index (χ2n) is 16.7. The van der Waals surface area contributed by atoms with Gasteiger partial charge in [0.1, 0.15) is 13.5 Å². The molecule has 0 saturated heterocycles. The fraction of sp³-hybridized carbons (Fsp3) is 0.488. The smallest absolute Gasteiger partial charge is 0.371 e. The first-order valence-corrected chi connectivity index (χ1v) is 27.5. The third-order valence-electron chi connectivity index (χ3n) is 9.68. The highest BCUT2D eigenvalue weighted by Gasteiger charge is 2.31. The number of carbonyl (C=O) groups excluding carboxylic acids is 1. The van der Waals surface area contributed by atoms with Gasteiger partial charge in [-0.2, -0.15) is 9.61 Å². The Hall–Kier alpha value is -3.70. The molecular weight excluding hydrogens is 795 g/mol. The lowest BCUT2D eigenvalue weighted by atomic mass is 9.83. The number of benzene rings is 1. The van der Waals surface area contributed by atoms with Crippen molar-refractivity contribution in [3.8, 4) is 22.4 Å². The fourth-order valence-electron chi connectivity index (χ4n) is 6.42. The molecule has 55 heavy (non-hydrogen) atoms. The molecule has 5 rings (SSSR count). The van der Waals surface area contributed by atoms with Crippen molar-refractivity contribution < 1.29 is 28.9 Å². The summed E-state index contributed by atoms with van der Waals surface area (Å²) >= 11 is 3.99. The molecule has 1 aliphatic rings.